The van der Waals surface area contributed by atoms with Crippen LogP contribution in [0.15, 0.2) is 72.8 Å². The van der Waals surface area contributed by atoms with E-state index in [2.05, 4.69) is 42.5 Å². The molecule has 0 aliphatic heterocycles. The maximum absolute atomic E-state index is 5.65. The molecule has 4 rings (SSSR count). The van der Waals surface area contributed by atoms with Crippen molar-refractivity contribution in [1.82, 2.24) is 4.98 Å². The molecule has 0 saturated carbocycles. The highest BCUT2D eigenvalue weighted by Crippen LogP contribution is 2.33. The normalized spacial score (nSPS) is 11.0. The number of pyridine rings is 1. The molecule has 1 heterocycles. The summed E-state index contributed by atoms with van der Waals surface area (Å²) in [7, 11) is 0. The van der Waals surface area contributed by atoms with E-state index < -0.39 is 0 Å². The molecule has 0 fully saturated rings. The van der Waals surface area contributed by atoms with Gasteiger partial charge in [-0.3, -0.25) is 0 Å². The molecule has 1 aromatic heterocycles. The standard InChI is InChI=1S/C21H17NO/c1-2-23-16-12-13-20-19(14-16)17-10-6-7-11-18(17)21(22-20)15-8-4-3-5-9-15/h3-14H,2H2,1H3. The number of hydrogen-bond acceptors (Lipinski definition) is 2. The number of rotatable bonds is 3. The number of benzene rings is 3. The van der Waals surface area contributed by atoms with E-state index in [1.807, 2.05) is 37.3 Å². The Morgan fingerprint density at radius 2 is 1.52 bits per heavy atom. The van der Waals surface area contributed by atoms with Crippen molar-refractivity contribution in [1.29, 1.82) is 0 Å². The summed E-state index contributed by atoms with van der Waals surface area (Å²) in [6.45, 7) is 2.66. The summed E-state index contributed by atoms with van der Waals surface area (Å²) in [5.41, 5.74) is 3.16. The Kier molecular flexibility index (Phi) is 3.43. The minimum absolute atomic E-state index is 0.666. The van der Waals surface area contributed by atoms with Crippen molar-refractivity contribution < 1.29 is 4.74 Å². The topological polar surface area (TPSA) is 22.1 Å². The van der Waals surface area contributed by atoms with Gasteiger partial charge in [0.2, 0.25) is 0 Å². The molecule has 2 heteroatoms. The van der Waals surface area contributed by atoms with Crippen molar-refractivity contribution in [3.8, 4) is 17.0 Å². The molecular weight excluding hydrogens is 282 g/mol. The minimum Gasteiger partial charge on any atom is -0.494 e. The van der Waals surface area contributed by atoms with Crippen LogP contribution in [0.3, 0.4) is 0 Å². The van der Waals surface area contributed by atoms with E-state index in [-0.39, 0.29) is 0 Å². The van der Waals surface area contributed by atoms with Crippen LogP contribution < -0.4 is 4.74 Å². The predicted molar refractivity (Wildman–Crippen MR) is 95.9 cm³/mol. The summed E-state index contributed by atoms with van der Waals surface area (Å²) in [4.78, 5) is 4.92. The molecule has 3 aromatic carbocycles. The lowest BCUT2D eigenvalue weighted by Gasteiger charge is -2.11. The van der Waals surface area contributed by atoms with Crippen molar-refractivity contribution >= 4 is 21.7 Å². The highest BCUT2D eigenvalue weighted by atomic mass is 16.5. The third kappa shape index (κ3) is 2.42. The second-order valence-electron chi connectivity index (χ2n) is 5.48. The first kappa shape index (κ1) is 13.8. The largest absolute Gasteiger partial charge is 0.494 e. The molecule has 0 radical (unpaired) electrons. The molecule has 0 saturated heterocycles. The monoisotopic (exact) mass is 299 g/mol. The van der Waals surface area contributed by atoms with Gasteiger partial charge in [0.15, 0.2) is 0 Å². The lowest BCUT2D eigenvalue weighted by molar-refractivity contribution is 0.341. The van der Waals surface area contributed by atoms with Gasteiger partial charge in [-0.1, -0.05) is 54.6 Å². The van der Waals surface area contributed by atoms with Gasteiger partial charge in [-0.15, -0.1) is 0 Å². The smallest absolute Gasteiger partial charge is 0.120 e. The van der Waals surface area contributed by atoms with E-state index in [4.69, 9.17) is 9.72 Å². The zero-order chi connectivity index (χ0) is 15.6. The van der Waals surface area contributed by atoms with Crippen LogP contribution in [0.2, 0.25) is 0 Å². The lowest BCUT2D eigenvalue weighted by Crippen LogP contribution is -1.93. The average Bonchev–Trinajstić information content (AvgIpc) is 2.62. The van der Waals surface area contributed by atoms with Crippen molar-refractivity contribution in [2.24, 2.45) is 0 Å². The van der Waals surface area contributed by atoms with Crippen LogP contribution in [0.4, 0.5) is 0 Å². The van der Waals surface area contributed by atoms with Crippen molar-refractivity contribution in [2.45, 2.75) is 6.92 Å². The highest BCUT2D eigenvalue weighted by molar-refractivity contribution is 6.11. The third-order valence-corrected chi connectivity index (χ3v) is 4.03. The van der Waals surface area contributed by atoms with Gasteiger partial charge in [-0.05, 0) is 30.5 Å². The number of hydrogen-bond donors (Lipinski definition) is 0. The molecule has 0 atom stereocenters. The van der Waals surface area contributed by atoms with Crippen LogP contribution in [-0.4, -0.2) is 11.6 Å². The van der Waals surface area contributed by atoms with Crippen LogP contribution in [0, 0.1) is 0 Å². The summed E-state index contributed by atoms with van der Waals surface area (Å²) in [6, 6.07) is 24.9. The maximum atomic E-state index is 5.65. The van der Waals surface area contributed by atoms with E-state index in [0.29, 0.717) is 6.61 Å². The van der Waals surface area contributed by atoms with Gasteiger partial charge >= 0.3 is 0 Å². The molecule has 0 bridgehead atoms. The van der Waals surface area contributed by atoms with E-state index >= 15 is 0 Å². The summed E-state index contributed by atoms with van der Waals surface area (Å²) in [5.74, 6) is 0.888. The zero-order valence-corrected chi connectivity index (χ0v) is 13.0. The maximum Gasteiger partial charge on any atom is 0.120 e. The average molecular weight is 299 g/mol. The van der Waals surface area contributed by atoms with Crippen LogP contribution in [0.5, 0.6) is 5.75 Å². The van der Waals surface area contributed by atoms with Gasteiger partial charge in [0.05, 0.1) is 17.8 Å². The van der Waals surface area contributed by atoms with Crippen molar-refractivity contribution in [3.63, 3.8) is 0 Å². The van der Waals surface area contributed by atoms with Gasteiger partial charge in [0.25, 0.3) is 0 Å². The fourth-order valence-corrected chi connectivity index (χ4v) is 3.01. The molecule has 0 unspecified atom stereocenters. The molecule has 4 aromatic rings. The third-order valence-electron chi connectivity index (χ3n) is 4.03. The van der Waals surface area contributed by atoms with E-state index in [9.17, 15) is 0 Å². The van der Waals surface area contributed by atoms with E-state index in [1.165, 1.54) is 10.8 Å². The highest BCUT2D eigenvalue weighted by Gasteiger charge is 2.10. The van der Waals surface area contributed by atoms with Crippen LogP contribution >= 0.6 is 0 Å². The molecule has 0 N–H and O–H groups in total. The van der Waals surface area contributed by atoms with Gasteiger partial charge < -0.3 is 4.74 Å². The molecule has 2 nitrogen and oxygen atoms in total. The van der Waals surface area contributed by atoms with Gasteiger partial charge in [-0.2, -0.15) is 0 Å². The second-order valence-corrected chi connectivity index (χ2v) is 5.48. The Bertz CT molecular complexity index is 977. The molecule has 0 amide bonds. The summed E-state index contributed by atoms with van der Waals surface area (Å²) in [5, 5.41) is 3.50. The fourth-order valence-electron chi connectivity index (χ4n) is 3.01. The van der Waals surface area contributed by atoms with Crippen LogP contribution in [0.25, 0.3) is 32.9 Å². The molecule has 23 heavy (non-hydrogen) atoms. The summed E-state index contributed by atoms with van der Waals surface area (Å²) >= 11 is 0. The van der Waals surface area contributed by atoms with Crippen LogP contribution in [-0.2, 0) is 0 Å². The number of aromatic nitrogens is 1. The Labute approximate surface area is 135 Å². The molecular formula is C21H17NO. The van der Waals surface area contributed by atoms with Gasteiger partial charge in [-0.25, -0.2) is 4.98 Å². The summed E-state index contributed by atoms with van der Waals surface area (Å²) < 4.78 is 5.65. The quantitative estimate of drug-likeness (QED) is 0.469. The number of nitrogens with zero attached hydrogens (tertiary/aromatic N) is 1. The zero-order valence-electron chi connectivity index (χ0n) is 13.0. The SMILES string of the molecule is CCOc1ccc2nc(-c3ccccc3)c3ccccc3c2c1. The lowest BCUT2D eigenvalue weighted by atomic mass is 10.00. The Hall–Kier alpha value is -2.87. The van der Waals surface area contributed by atoms with Gasteiger partial charge in [0.1, 0.15) is 5.75 Å². The number of fused-ring (bicyclic) bond motifs is 3. The van der Waals surface area contributed by atoms with Crippen molar-refractivity contribution in [3.05, 3.63) is 72.8 Å². The predicted octanol–water partition coefficient (Wildman–Crippen LogP) is 5.45. The Balaban J connectivity index is 2.06. The number of ether oxygens (including phenoxy) is 1. The van der Waals surface area contributed by atoms with Crippen molar-refractivity contribution in [2.75, 3.05) is 6.61 Å². The van der Waals surface area contributed by atoms with Crippen LogP contribution in [0.1, 0.15) is 6.92 Å². The first-order valence-corrected chi connectivity index (χ1v) is 7.87. The van der Waals surface area contributed by atoms with Gasteiger partial charge in [0, 0.05) is 16.3 Å². The molecule has 0 aliphatic carbocycles. The fraction of sp³-hybridized carbons (Fsp3) is 0.0952. The van der Waals surface area contributed by atoms with E-state index in [1.54, 1.807) is 0 Å². The Morgan fingerprint density at radius 1 is 0.783 bits per heavy atom. The molecule has 112 valence electrons. The van der Waals surface area contributed by atoms with E-state index in [0.717, 1.165) is 27.9 Å². The summed E-state index contributed by atoms with van der Waals surface area (Å²) in [6.07, 6.45) is 0. The first-order valence-electron chi connectivity index (χ1n) is 7.87. The first-order chi connectivity index (χ1) is 11.4. The minimum atomic E-state index is 0.666. The Morgan fingerprint density at radius 3 is 2.30 bits per heavy atom. The molecule has 0 aliphatic rings. The second kappa shape index (κ2) is 5.73. The molecule has 0 spiro atoms.